The fourth-order valence-electron chi connectivity index (χ4n) is 4.10. The molecule has 2 atom stereocenters. The number of hydrogen-bond donors (Lipinski definition) is 1. The molecule has 0 spiro atoms. The van der Waals surface area contributed by atoms with Crippen LogP contribution < -0.4 is 5.32 Å². The van der Waals surface area contributed by atoms with Crippen molar-refractivity contribution in [3.05, 3.63) is 34.9 Å². The Morgan fingerprint density at radius 1 is 1.25 bits per heavy atom. The normalized spacial score (nSPS) is 26.7. The van der Waals surface area contributed by atoms with Crippen LogP contribution in [-0.2, 0) is 6.42 Å². The van der Waals surface area contributed by atoms with Gasteiger partial charge in [-0.2, -0.15) is 0 Å². The van der Waals surface area contributed by atoms with E-state index < -0.39 is 0 Å². The third kappa shape index (κ3) is 2.77. The summed E-state index contributed by atoms with van der Waals surface area (Å²) in [6.07, 6.45) is 8.09. The molecule has 1 N–H and O–H groups in total. The molecule has 3 rings (SSSR count). The highest BCUT2D eigenvalue weighted by atomic mass is 15.2. The average Bonchev–Trinajstić information content (AvgIpc) is 2.88. The minimum atomic E-state index is 0.687. The predicted molar refractivity (Wildman–Crippen MR) is 85.1 cm³/mol. The van der Waals surface area contributed by atoms with Crippen LogP contribution in [0.4, 0.5) is 0 Å². The maximum absolute atomic E-state index is 3.33. The Kier molecular flexibility index (Phi) is 4.42. The minimum absolute atomic E-state index is 0.687. The van der Waals surface area contributed by atoms with Gasteiger partial charge in [-0.15, -0.1) is 0 Å². The SMILES string of the molecule is CNCCC1CCCCN1C1CCc2ccc(C)cc21. The van der Waals surface area contributed by atoms with Crippen molar-refractivity contribution in [3.63, 3.8) is 0 Å². The number of benzene rings is 1. The minimum Gasteiger partial charge on any atom is -0.320 e. The molecule has 2 heteroatoms. The Morgan fingerprint density at radius 2 is 2.15 bits per heavy atom. The largest absolute Gasteiger partial charge is 0.320 e. The van der Waals surface area contributed by atoms with Gasteiger partial charge in [-0.3, -0.25) is 4.90 Å². The monoisotopic (exact) mass is 272 g/mol. The third-order valence-corrected chi connectivity index (χ3v) is 5.15. The molecule has 1 saturated heterocycles. The molecule has 0 aromatic heterocycles. The van der Waals surface area contributed by atoms with Gasteiger partial charge in [0.2, 0.25) is 0 Å². The predicted octanol–water partition coefficient (Wildman–Crippen LogP) is 3.45. The lowest BCUT2D eigenvalue weighted by Gasteiger charge is -2.40. The van der Waals surface area contributed by atoms with Gasteiger partial charge in [0.25, 0.3) is 0 Å². The Morgan fingerprint density at radius 3 is 3.00 bits per heavy atom. The van der Waals surface area contributed by atoms with Crippen LogP contribution in [0.25, 0.3) is 0 Å². The maximum Gasteiger partial charge on any atom is 0.0357 e. The van der Waals surface area contributed by atoms with Crippen molar-refractivity contribution in [1.82, 2.24) is 10.2 Å². The third-order valence-electron chi connectivity index (χ3n) is 5.15. The summed E-state index contributed by atoms with van der Waals surface area (Å²) in [5.41, 5.74) is 4.64. The van der Waals surface area contributed by atoms with Gasteiger partial charge in [-0.1, -0.05) is 30.2 Å². The zero-order valence-electron chi connectivity index (χ0n) is 13.0. The molecule has 1 aromatic rings. The Bertz CT molecular complexity index is 455. The Hall–Kier alpha value is -0.860. The lowest BCUT2D eigenvalue weighted by molar-refractivity contribution is 0.0889. The molecule has 0 radical (unpaired) electrons. The fourth-order valence-corrected chi connectivity index (χ4v) is 4.10. The highest BCUT2D eigenvalue weighted by molar-refractivity contribution is 5.37. The first-order valence-corrected chi connectivity index (χ1v) is 8.29. The van der Waals surface area contributed by atoms with Crippen molar-refractivity contribution in [2.75, 3.05) is 20.1 Å². The quantitative estimate of drug-likeness (QED) is 0.903. The molecule has 110 valence electrons. The average molecular weight is 272 g/mol. The molecule has 1 aliphatic carbocycles. The summed E-state index contributed by atoms with van der Waals surface area (Å²) in [7, 11) is 2.07. The van der Waals surface area contributed by atoms with E-state index in [1.807, 2.05) is 0 Å². The fraction of sp³-hybridized carbons (Fsp3) is 0.667. The van der Waals surface area contributed by atoms with E-state index in [0.29, 0.717) is 6.04 Å². The van der Waals surface area contributed by atoms with Gasteiger partial charge in [-0.25, -0.2) is 0 Å². The Labute approximate surface area is 123 Å². The summed E-state index contributed by atoms with van der Waals surface area (Å²) in [5, 5.41) is 3.33. The smallest absolute Gasteiger partial charge is 0.0357 e. The van der Waals surface area contributed by atoms with Crippen LogP contribution >= 0.6 is 0 Å². The van der Waals surface area contributed by atoms with Crippen LogP contribution in [-0.4, -0.2) is 31.1 Å². The number of rotatable bonds is 4. The topological polar surface area (TPSA) is 15.3 Å². The maximum atomic E-state index is 3.33. The molecule has 1 aliphatic heterocycles. The highest BCUT2D eigenvalue weighted by Gasteiger charge is 2.33. The summed E-state index contributed by atoms with van der Waals surface area (Å²) >= 11 is 0. The van der Waals surface area contributed by atoms with E-state index in [9.17, 15) is 0 Å². The molecular formula is C18H28N2. The lowest BCUT2D eigenvalue weighted by Crippen LogP contribution is -2.42. The highest BCUT2D eigenvalue weighted by Crippen LogP contribution is 2.39. The Balaban J connectivity index is 1.79. The number of nitrogens with one attached hydrogen (secondary N) is 1. The second-order valence-electron chi connectivity index (χ2n) is 6.54. The van der Waals surface area contributed by atoms with E-state index >= 15 is 0 Å². The zero-order chi connectivity index (χ0) is 13.9. The molecule has 0 amide bonds. The number of piperidine rings is 1. The van der Waals surface area contributed by atoms with E-state index in [2.05, 4.69) is 42.4 Å². The second-order valence-corrected chi connectivity index (χ2v) is 6.54. The van der Waals surface area contributed by atoms with Gasteiger partial charge in [0.1, 0.15) is 0 Å². The molecular weight excluding hydrogens is 244 g/mol. The van der Waals surface area contributed by atoms with E-state index in [1.54, 1.807) is 11.1 Å². The molecule has 0 bridgehead atoms. The molecule has 1 fully saturated rings. The van der Waals surface area contributed by atoms with Gasteiger partial charge < -0.3 is 5.32 Å². The first-order valence-electron chi connectivity index (χ1n) is 8.29. The van der Waals surface area contributed by atoms with Gasteiger partial charge in [0.15, 0.2) is 0 Å². The first-order chi connectivity index (χ1) is 9.79. The number of fused-ring (bicyclic) bond motifs is 1. The van der Waals surface area contributed by atoms with Crippen molar-refractivity contribution in [3.8, 4) is 0 Å². The molecule has 1 heterocycles. The van der Waals surface area contributed by atoms with Gasteiger partial charge in [0.05, 0.1) is 0 Å². The van der Waals surface area contributed by atoms with Crippen molar-refractivity contribution in [2.45, 2.75) is 57.5 Å². The van der Waals surface area contributed by atoms with Crippen LogP contribution in [0.3, 0.4) is 0 Å². The number of likely N-dealkylation sites (tertiary alicyclic amines) is 1. The summed E-state index contributed by atoms with van der Waals surface area (Å²) in [6, 6.07) is 8.55. The van der Waals surface area contributed by atoms with Crippen LogP contribution in [0, 0.1) is 6.92 Å². The molecule has 20 heavy (non-hydrogen) atoms. The molecule has 2 unspecified atom stereocenters. The van der Waals surface area contributed by atoms with Crippen molar-refractivity contribution < 1.29 is 0 Å². The summed E-state index contributed by atoms with van der Waals surface area (Å²) in [5.74, 6) is 0. The molecule has 2 nitrogen and oxygen atoms in total. The van der Waals surface area contributed by atoms with E-state index in [0.717, 1.165) is 12.6 Å². The molecule has 1 aromatic carbocycles. The summed E-state index contributed by atoms with van der Waals surface area (Å²) in [4.78, 5) is 2.83. The van der Waals surface area contributed by atoms with Gasteiger partial charge in [-0.05, 0) is 70.3 Å². The molecule has 0 saturated carbocycles. The number of aryl methyl sites for hydroxylation is 2. The van der Waals surface area contributed by atoms with Crippen molar-refractivity contribution in [1.29, 1.82) is 0 Å². The van der Waals surface area contributed by atoms with Gasteiger partial charge in [0, 0.05) is 12.1 Å². The first kappa shape index (κ1) is 14.1. The van der Waals surface area contributed by atoms with Crippen LogP contribution in [0.15, 0.2) is 18.2 Å². The standard InChI is InChI=1S/C18H28N2/c1-14-6-7-15-8-9-18(17(15)13-14)20-12-4-3-5-16(20)10-11-19-2/h6-7,13,16,18-19H,3-5,8-12H2,1-2H3. The van der Waals surface area contributed by atoms with E-state index in [4.69, 9.17) is 0 Å². The number of nitrogens with zero attached hydrogens (tertiary/aromatic N) is 1. The van der Waals surface area contributed by atoms with E-state index in [-0.39, 0.29) is 0 Å². The van der Waals surface area contributed by atoms with E-state index in [1.165, 1.54) is 50.6 Å². The van der Waals surface area contributed by atoms with Gasteiger partial charge >= 0.3 is 0 Å². The molecule has 2 aliphatic rings. The lowest BCUT2D eigenvalue weighted by atomic mass is 9.94. The van der Waals surface area contributed by atoms with Crippen LogP contribution in [0.2, 0.25) is 0 Å². The summed E-state index contributed by atoms with van der Waals surface area (Å²) < 4.78 is 0. The van der Waals surface area contributed by atoms with Crippen molar-refractivity contribution in [2.24, 2.45) is 0 Å². The van der Waals surface area contributed by atoms with Crippen LogP contribution in [0.5, 0.6) is 0 Å². The number of hydrogen-bond acceptors (Lipinski definition) is 2. The van der Waals surface area contributed by atoms with Crippen LogP contribution in [0.1, 0.15) is 54.8 Å². The summed E-state index contributed by atoms with van der Waals surface area (Å²) in [6.45, 7) is 4.67. The zero-order valence-corrected chi connectivity index (χ0v) is 13.0. The second kappa shape index (κ2) is 6.28. The van der Waals surface area contributed by atoms with Crippen molar-refractivity contribution >= 4 is 0 Å².